The predicted octanol–water partition coefficient (Wildman–Crippen LogP) is 2.58. The number of carbonyl (C=O) groups is 1. The van der Waals surface area contributed by atoms with Gasteiger partial charge in [0, 0.05) is 30.7 Å². The van der Waals surface area contributed by atoms with Crippen molar-refractivity contribution in [2.45, 2.75) is 45.7 Å². The number of benzene rings is 1. The molecule has 0 saturated carbocycles. The minimum absolute atomic E-state index is 0.140. The quantitative estimate of drug-likeness (QED) is 0.929. The van der Waals surface area contributed by atoms with Gasteiger partial charge in [-0.15, -0.1) is 0 Å². The monoisotopic (exact) mass is 288 g/mol. The molecule has 0 radical (unpaired) electrons. The van der Waals surface area contributed by atoms with Gasteiger partial charge in [-0.05, 0) is 43.0 Å². The molecule has 1 N–H and O–H groups in total. The number of nitrogens with zero attached hydrogens (tertiary/aromatic N) is 1. The second kappa shape index (κ2) is 5.24. The van der Waals surface area contributed by atoms with Gasteiger partial charge >= 0.3 is 0 Å². The molecule has 1 amide bonds. The zero-order valence-corrected chi connectivity index (χ0v) is 13.1. The molecule has 0 aromatic heterocycles. The van der Waals surface area contributed by atoms with Crippen LogP contribution in [-0.4, -0.2) is 31.1 Å². The predicted molar refractivity (Wildman–Crippen MR) is 83.7 cm³/mol. The van der Waals surface area contributed by atoms with Crippen LogP contribution < -0.4 is 15.0 Å². The number of hydrogen-bond donors (Lipinski definition) is 1. The first-order valence-electron chi connectivity index (χ1n) is 7.78. The summed E-state index contributed by atoms with van der Waals surface area (Å²) in [5, 5.41) is 3.15. The first-order valence-corrected chi connectivity index (χ1v) is 7.78. The SMILES string of the molecule is CCOc1ccc(N2C[C@H]3CC(C)(C)[C@@H]2CC(=O)N3)cc1. The largest absolute Gasteiger partial charge is 0.494 e. The fourth-order valence-corrected chi connectivity index (χ4v) is 3.75. The highest BCUT2D eigenvalue weighted by atomic mass is 16.5. The lowest BCUT2D eigenvalue weighted by Gasteiger charge is -2.48. The van der Waals surface area contributed by atoms with Gasteiger partial charge in [0.15, 0.2) is 0 Å². The average molecular weight is 288 g/mol. The smallest absolute Gasteiger partial charge is 0.222 e. The second-order valence-electron chi connectivity index (χ2n) is 6.76. The van der Waals surface area contributed by atoms with E-state index in [0.29, 0.717) is 13.0 Å². The highest BCUT2D eigenvalue weighted by Gasteiger charge is 2.45. The van der Waals surface area contributed by atoms with Crippen molar-refractivity contribution in [2.24, 2.45) is 5.41 Å². The number of anilines is 1. The van der Waals surface area contributed by atoms with Gasteiger partial charge in [0.2, 0.25) is 5.91 Å². The van der Waals surface area contributed by atoms with Crippen molar-refractivity contribution >= 4 is 11.6 Å². The minimum Gasteiger partial charge on any atom is -0.494 e. The molecule has 114 valence electrons. The molecule has 1 aromatic carbocycles. The molecule has 4 rings (SSSR count). The van der Waals surface area contributed by atoms with Crippen molar-refractivity contribution in [3.05, 3.63) is 24.3 Å². The van der Waals surface area contributed by atoms with Crippen LogP contribution in [0.25, 0.3) is 0 Å². The number of hydrogen-bond acceptors (Lipinski definition) is 3. The molecule has 4 nitrogen and oxygen atoms in total. The number of ether oxygens (including phenoxy) is 1. The number of fused-ring (bicyclic) bond motifs is 4. The maximum atomic E-state index is 12.0. The summed E-state index contributed by atoms with van der Waals surface area (Å²) >= 11 is 0. The summed E-state index contributed by atoms with van der Waals surface area (Å²) < 4.78 is 5.51. The fourth-order valence-electron chi connectivity index (χ4n) is 3.75. The first-order chi connectivity index (χ1) is 9.99. The maximum Gasteiger partial charge on any atom is 0.222 e. The Morgan fingerprint density at radius 2 is 2.05 bits per heavy atom. The van der Waals surface area contributed by atoms with Gasteiger partial charge in [0.1, 0.15) is 5.75 Å². The van der Waals surface area contributed by atoms with E-state index in [9.17, 15) is 4.79 Å². The van der Waals surface area contributed by atoms with E-state index in [1.807, 2.05) is 19.1 Å². The van der Waals surface area contributed by atoms with Crippen LogP contribution in [0.4, 0.5) is 5.69 Å². The molecule has 4 heteroatoms. The summed E-state index contributed by atoms with van der Waals surface area (Å²) in [5.41, 5.74) is 1.32. The van der Waals surface area contributed by atoms with Crippen LogP contribution >= 0.6 is 0 Å². The summed E-state index contributed by atoms with van der Waals surface area (Å²) in [5.74, 6) is 1.08. The van der Waals surface area contributed by atoms with Crippen molar-refractivity contribution in [1.29, 1.82) is 0 Å². The lowest BCUT2D eigenvalue weighted by molar-refractivity contribution is -0.121. The third kappa shape index (κ3) is 2.71. The van der Waals surface area contributed by atoms with E-state index in [1.54, 1.807) is 0 Å². The Hall–Kier alpha value is -1.71. The normalized spacial score (nSPS) is 27.2. The van der Waals surface area contributed by atoms with Crippen molar-refractivity contribution in [1.82, 2.24) is 5.32 Å². The number of piperidine rings is 1. The van der Waals surface area contributed by atoms with Crippen LogP contribution in [0.15, 0.2) is 24.3 Å². The Balaban J connectivity index is 1.89. The Morgan fingerprint density at radius 3 is 2.71 bits per heavy atom. The Morgan fingerprint density at radius 1 is 1.33 bits per heavy atom. The van der Waals surface area contributed by atoms with Gasteiger partial charge in [0.25, 0.3) is 0 Å². The van der Waals surface area contributed by atoms with Gasteiger partial charge < -0.3 is 15.0 Å². The van der Waals surface area contributed by atoms with E-state index in [2.05, 4.69) is 36.2 Å². The van der Waals surface area contributed by atoms with E-state index in [4.69, 9.17) is 4.74 Å². The zero-order valence-electron chi connectivity index (χ0n) is 13.1. The van der Waals surface area contributed by atoms with Gasteiger partial charge in [0.05, 0.1) is 6.61 Å². The lowest BCUT2D eigenvalue weighted by atomic mass is 9.74. The summed E-state index contributed by atoms with van der Waals surface area (Å²) in [7, 11) is 0. The minimum atomic E-state index is 0.140. The summed E-state index contributed by atoms with van der Waals surface area (Å²) in [6, 6.07) is 8.74. The van der Waals surface area contributed by atoms with Crippen LogP contribution in [0, 0.1) is 5.41 Å². The lowest BCUT2D eigenvalue weighted by Crippen LogP contribution is -2.54. The number of rotatable bonds is 3. The molecule has 2 bridgehead atoms. The standard InChI is InChI=1S/C17H24N2O2/c1-4-21-14-7-5-13(6-8-14)19-11-12-10-17(2,3)15(19)9-16(20)18-12/h5-8,12,15H,4,9-11H2,1-3H3,(H,18,20)/t12-,15+/m1/s1. The molecule has 1 aromatic rings. The van der Waals surface area contributed by atoms with Crippen LogP contribution in [0.1, 0.15) is 33.6 Å². The van der Waals surface area contributed by atoms with E-state index in [-0.39, 0.29) is 23.4 Å². The fraction of sp³-hybridized carbons (Fsp3) is 0.588. The molecule has 3 heterocycles. The van der Waals surface area contributed by atoms with E-state index < -0.39 is 0 Å². The number of amides is 1. The molecule has 2 atom stereocenters. The third-order valence-corrected chi connectivity index (χ3v) is 4.69. The molecule has 0 spiro atoms. The maximum absolute atomic E-state index is 12.0. The third-order valence-electron chi connectivity index (χ3n) is 4.69. The van der Waals surface area contributed by atoms with E-state index in [0.717, 1.165) is 18.7 Å². The van der Waals surface area contributed by atoms with Crippen molar-refractivity contribution < 1.29 is 9.53 Å². The van der Waals surface area contributed by atoms with Crippen LogP contribution in [-0.2, 0) is 4.79 Å². The average Bonchev–Trinajstić information content (AvgIpc) is 2.64. The molecule has 3 aliphatic heterocycles. The van der Waals surface area contributed by atoms with Gasteiger partial charge in [-0.2, -0.15) is 0 Å². The molecule has 21 heavy (non-hydrogen) atoms. The van der Waals surface area contributed by atoms with Crippen LogP contribution in [0.5, 0.6) is 5.75 Å². The van der Waals surface area contributed by atoms with E-state index in [1.165, 1.54) is 5.69 Å². The second-order valence-corrected chi connectivity index (χ2v) is 6.76. The Kier molecular flexibility index (Phi) is 3.56. The summed E-state index contributed by atoms with van der Waals surface area (Å²) in [6.07, 6.45) is 1.63. The summed E-state index contributed by atoms with van der Waals surface area (Å²) in [6.45, 7) is 8.10. The topological polar surface area (TPSA) is 41.6 Å². The van der Waals surface area contributed by atoms with Gasteiger partial charge in [-0.1, -0.05) is 13.8 Å². The molecule has 3 saturated heterocycles. The Bertz CT molecular complexity index is 524. The van der Waals surface area contributed by atoms with Gasteiger partial charge in [-0.25, -0.2) is 0 Å². The summed E-state index contributed by atoms with van der Waals surface area (Å²) in [4.78, 5) is 14.4. The van der Waals surface area contributed by atoms with E-state index >= 15 is 0 Å². The molecular weight excluding hydrogens is 264 g/mol. The number of carbonyl (C=O) groups excluding carboxylic acids is 1. The van der Waals surface area contributed by atoms with Gasteiger partial charge in [-0.3, -0.25) is 4.79 Å². The molecule has 0 unspecified atom stereocenters. The van der Waals surface area contributed by atoms with Crippen molar-refractivity contribution in [3.8, 4) is 5.75 Å². The molecule has 3 aliphatic rings. The number of nitrogens with one attached hydrogen (secondary N) is 1. The molecule has 0 aliphatic carbocycles. The highest BCUT2D eigenvalue weighted by molar-refractivity contribution is 5.79. The van der Waals surface area contributed by atoms with Crippen molar-refractivity contribution in [2.75, 3.05) is 18.1 Å². The highest BCUT2D eigenvalue weighted by Crippen LogP contribution is 2.41. The van der Waals surface area contributed by atoms with Crippen LogP contribution in [0.2, 0.25) is 0 Å². The zero-order chi connectivity index (χ0) is 15.0. The molecule has 3 fully saturated rings. The first kappa shape index (κ1) is 14.2. The Labute approximate surface area is 126 Å². The van der Waals surface area contributed by atoms with Crippen LogP contribution in [0.3, 0.4) is 0 Å². The van der Waals surface area contributed by atoms with Crippen molar-refractivity contribution in [3.63, 3.8) is 0 Å². The molecular formula is C17H24N2O2.